The molecule has 33 heavy (non-hydrogen) atoms. The molecule has 0 spiro atoms. The summed E-state index contributed by atoms with van der Waals surface area (Å²) in [5.74, 6) is -0.396. The zero-order valence-electron chi connectivity index (χ0n) is 18.1. The lowest BCUT2D eigenvalue weighted by Gasteiger charge is -2.11. The van der Waals surface area contributed by atoms with Gasteiger partial charge in [0.15, 0.2) is 11.3 Å². The molecule has 0 N–H and O–H groups in total. The number of carbonyl (C=O) groups is 1. The number of hydrogen-bond acceptors (Lipinski definition) is 7. The molecule has 3 aromatic heterocycles. The second-order valence-electron chi connectivity index (χ2n) is 7.16. The molecule has 0 unspecified atom stereocenters. The first-order valence-corrected chi connectivity index (χ1v) is 9.68. The highest BCUT2D eigenvalue weighted by molar-refractivity contribution is 6.04. The zero-order chi connectivity index (χ0) is 23.9. The predicted octanol–water partition coefficient (Wildman–Crippen LogP) is 4.31. The second-order valence-corrected chi connectivity index (χ2v) is 7.16. The standard InChI is InChI=1S/C22H18F3N5O3/c1-11-9-15(20(31)33-4)18-12(2)29-30(19(18)26-11)21-27-16(10-17(28-21)22(23,24)25)13-5-7-14(32-3)8-6-13/h5-10H,1-4H3. The van der Waals surface area contributed by atoms with E-state index >= 15 is 0 Å². The number of pyridine rings is 1. The Hall–Kier alpha value is -4.02. The number of carbonyl (C=O) groups excluding carboxylic acids is 1. The first kappa shape index (κ1) is 22.2. The molecule has 0 bridgehead atoms. The van der Waals surface area contributed by atoms with Crippen LogP contribution >= 0.6 is 0 Å². The minimum Gasteiger partial charge on any atom is -0.497 e. The highest BCUT2D eigenvalue weighted by Crippen LogP contribution is 2.32. The molecular weight excluding hydrogens is 439 g/mol. The number of aryl methyl sites for hydroxylation is 2. The number of hydrogen-bond donors (Lipinski definition) is 0. The molecule has 0 aliphatic rings. The highest BCUT2D eigenvalue weighted by Gasteiger charge is 2.34. The molecule has 11 heteroatoms. The van der Waals surface area contributed by atoms with E-state index in [1.807, 2.05) is 0 Å². The van der Waals surface area contributed by atoms with Crippen LogP contribution in [0.25, 0.3) is 28.2 Å². The van der Waals surface area contributed by atoms with E-state index in [9.17, 15) is 18.0 Å². The van der Waals surface area contributed by atoms with E-state index in [-0.39, 0.29) is 22.9 Å². The molecule has 1 aromatic carbocycles. The van der Waals surface area contributed by atoms with Crippen LogP contribution in [-0.2, 0) is 10.9 Å². The second kappa shape index (κ2) is 8.15. The minimum atomic E-state index is -4.72. The van der Waals surface area contributed by atoms with Crippen molar-refractivity contribution >= 4 is 17.0 Å². The van der Waals surface area contributed by atoms with Crippen LogP contribution in [0.15, 0.2) is 36.4 Å². The van der Waals surface area contributed by atoms with Gasteiger partial charge >= 0.3 is 12.1 Å². The maximum absolute atomic E-state index is 13.7. The van der Waals surface area contributed by atoms with Crippen LogP contribution in [0.4, 0.5) is 13.2 Å². The summed E-state index contributed by atoms with van der Waals surface area (Å²) in [4.78, 5) is 24.7. The molecule has 0 fully saturated rings. The van der Waals surface area contributed by atoms with Crippen molar-refractivity contribution < 1.29 is 27.4 Å². The van der Waals surface area contributed by atoms with Crippen molar-refractivity contribution in [2.24, 2.45) is 0 Å². The highest BCUT2D eigenvalue weighted by atomic mass is 19.4. The lowest BCUT2D eigenvalue weighted by molar-refractivity contribution is -0.141. The van der Waals surface area contributed by atoms with E-state index in [0.29, 0.717) is 28.1 Å². The number of fused-ring (bicyclic) bond motifs is 1. The number of halogens is 3. The monoisotopic (exact) mass is 457 g/mol. The maximum Gasteiger partial charge on any atom is 0.433 e. The largest absolute Gasteiger partial charge is 0.497 e. The Bertz CT molecular complexity index is 1360. The molecule has 0 aliphatic heterocycles. The van der Waals surface area contributed by atoms with E-state index in [1.54, 1.807) is 38.1 Å². The Morgan fingerprint density at radius 3 is 2.30 bits per heavy atom. The van der Waals surface area contributed by atoms with Crippen molar-refractivity contribution in [2.75, 3.05) is 14.2 Å². The van der Waals surface area contributed by atoms with Crippen LogP contribution in [-0.4, -0.2) is 44.9 Å². The van der Waals surface area contributed by atoms with Gasteiger partial charge in [-0.15, -0.1) is 0 Å². The normalized spacial score (nSPS) is 11.6. The lowest BCUT2D eigenvalue weighted by Crippen LogP contribution is -2.14. The molecule has 8 nitrogen and oxygen atoms in total. The molecule has 4 rings (SSSR count). The molecule has 0 saturated carbocycles. The summed E-state index contributed by atoms with van der Waals surface area (Å²) in [6.07, 6.45) is -4.72. The third-order valence-electron chi connectivity index (χ3n) is 4.93. The quantitative estimate of drug-likeness (QED) is 0.422. The van der Waals surface area contributed by atoms with Crippen LogP contribution in [0.1, 0.15) is 27.4 Å². The van der Waals surface area contributed by atoms with E-state index in [2.05, 4.69) is 20.1 Å². The Balaban J connectivity index is 1.98. The van der Waals surface area contributed by atoms with E-state index in [1.165, 1.54) is 20.3 Å². The fourth-order valence-corrected chi connectivity index (χ4v) is 3.41. The number of esters is 1. The van der Waals surface area contributed by atoms with Crippen molar-refractivity contribution in [1.82, 2.24) is 24.7 Å². The first-order chi connectivity index (χ1) is 15.6. The molecular formula is C22H18F3N5O3. The van der Waals surface area contributed by atoms with Gasteiger partial charge in [0.05, 0.1) is 36.6 Å². The average molecular weight is 457 g/mol. The Morgan fingerprint density at radius 1 is 1.00 bits per heavy atom. The van der Waals surface area contributed by atoms with Crippen LogP contribution in [0, 0.1) is 13.8 Å². The Labute approximate surface area is 186 Å². The average Bonchev–Trinajstić information content (AvgIpc) is 3.13. The summed E-state index contributed by atoms with van der Waals surface area (Å²) < 4.78 is 52.1. The van der Waals surface area contributed by atoms with Crippen molar-refractivity contribution in [3.8, 4) is 23.0 Å². The van der Waals surface area contributed by atoms with Gasteiger partial charge in [-0.25, -0.2) is 19.7 Å². The summed E-state index contributed by atoms with van der Waals surface area (Å²) in [6, 6.07) is 8.81. The molecule has 0 saturated heterocycles. The summed E-state index contributed by atoms with van der Waals surface area (Å²) in [5.41, 5.74) is 0.491. The van der Waals surface area contributed by atoms with E-state index in [4.69, 9.17) is 9.47 Å². The van der Waals surface area contributed by atoms with Gasteiger partial charge < -0.3 is 9.47 Å². The molecule has 170 valence electrons. The fraction of sp³-hybridized carbons (Fsp3) is 0.227. The van der Waals surface area contributed by atoms with Crippen molar-refractivity contribution in [3.63, 3.8) is 0 Å². The van der Waals surface area contributed by atoms with Gasteiger partial charge in [0, 0.05) is 11.3 Å². The molecule has 0 amide bonds. The van der Waals surface area contributed by atoms with E-state index < -0.39 is 17.8 Å². The number of methoxy groups -OCH3 is 2. The third kappa shape index (κ3) is 4.09. The van der Waals surface area contributed by atoms with Crippen LogP contribution in [0.5, 0.6) is 5.75 Å². The van der Waals surface area contributed by atoms with Crippen molar-refractivity contribution in [1.29, 1.82) is 0 Å². The molecule has 0 aliphatic carbocycles. The Morgan fingerprint density at radius 2 is 1.70 bits per heavy atom. The van der Waals surface area contributed by atoms with Gasteiger partial charge in [0.1, 0.15) is 5.75 Å². The number of alkyl halides is 3. The van der Waals surface area contributed by atoms with E-state index in [0.717, 1.165) is 10.7 Å². The lowest BCUT2D eigenvalue weighted by atomic mass is 10.1. The van der Waals surface area contributed by atoms with Crippen LogP contribution in [0.2, 0.25) is 0 Å². The first-order valence-electron chi connectivity index (χ1n) is 9.68. The topological polar surface area (TPSA) is 92.0 Å². The molecule has 0 radical (unpaired) electrons. The van der Waals surface area contributed by atoms with Gasteiger partial charge in [0.25, 0.3) is 5.95 Å². The number of rotatable bonds is 4. The number of ether oxygens (including phenoxy) is 2. The smallest absolute Gasteiger partial charge is 0.433 e. The summed E-state index contributed by atoms with van der Waals surface area (Å²) in [5, 5.41) is 4.64. The van der Waals surface area contributed by atoms with Gasteiger partial charge in [-0.2, -0.15) is 23.0 Å². The molecule has 4 aromatic rings. The van der Waals surface area contributed by atoms with Gasteiger partial charge in [-0.05, 0) is 50.2 Å². The maximum atomic E-state index is 13.7. The fourth-order valence-electron chi connectivity index (χ4n) is 3.41. The molecule has 0 atom stereocenters. The SMILES string of the molecule is COC(=O)c1cc(C)nc2c1c(C)nn2-c1nc(-c2ccc(OC)cc2)cc(C(F)(F)F)n1. The third-order valence-corrected chi connectivity index (χ3v) is 4.93. The van der Waals surface area contributed by atoms with Gasteiger partial charge in [-0.3, -0.25) is 0 Å². The zero-order valence-corrected chi connectivity index (χ0v) is 18.1. The molecule has 3 heterocycles. The van der Waals surface area contributed by atoms with Gasteiger partial charge in [-0.1, -0.05) is 0 Å². The summed E-state index contributed by atoms with van der Waals surface area (Å²) in [7, 11) is 2.73. The number of nitrogens with zero attached hydrogens (tertiary/aromatic N) is 5. The number of benzene rings is 1. The van der Waals surface area contributed by atoms with Crippen LogP contribution in [0.3, 0.4) is 0 Å². The Kier molecular flexibility index (Phi) is 5.48. The van der Waals surface area contributed by atoms with Crippen LogP contribution < -0.4 is 4.74 Å². The van der Waals surface area contributed by atoms with Crippen molar-refractivity contribution in [3.05, 3.63) is 59.0 Å². The number of aromatic nitrogens is 5. The van der Waals surface area contributed by atoms with Gasteiger partial charge in [0.2, 0.25) is 0 Å². The predicted molar refractivity (Wildman–Crippen MR) is 112 cm³/mol. The van der Waals surface area contributed by atoms with Crippen molar-refractivity contribution in [2.45, 2.75) is 20.0 Å². The minimum absolute atomic E-state index is 0.0390. The summed E-state index contributed by atoms with van der Waals surface area (Å²) in [6.45, 7) is 3.26. The summed E-state index contributed by atoms with van der Waals surface area (Å²) >= 11 is 0.